The molecule has 20 heavy (non-hydrogen) atoms. The maximum Gasteiger partial charge on any atom is 0.358 e. The van der Waals surface area contributed by atoms with Crippen LogP contribution in [0.5, 0.6) is 0 Å². The van der Waals surface area contributed by atoms with Gasteiger partial charge in [0.1, 0.15) is 0 Å². The molecular formula is C15H16N2O3. The normalized spacial score (nSPS) is 18.8. The molecule has 0 fully saturated rings. The van der Waals surface area contributed by atoms with E-state index in [1.807, 2.05) is 25.1 Å². The molecule has 5 heteroatoms. The lowest BCUT2D eigenvalue weighted by Crippen LogP contribution is -2.32. The van der Waals surface area contributed by atoms with Gasteiger partial charge in [0.15, 0.2) is 11.5 Å². The summed E-state index contributed by atoms with van der Waals surface area (Å²) in [5.74, 6) is -0.227. The molecule has 2 aromatic rings. The zero-order chi connectivity index (χ0) is 14.1. The molecule has 1 aromatic carbocycles. The summed E-state index contributed by atoms with van der Waals surface area (Å²) in [6, 6.07) is 10.2. The number of benzene rings is 1. The molecule has 0 bridgehead atoms. The topological polar surface area (TPSA) is 66.6 Å². The van der Waals surface area contributed by atoms with Crippen molar-refractivity contribution in [3.05, 3.63) is 52.9 Å². The standard InChI is InChI=1S/C15H16N2O3/c1-10-7-17(8-11-5-3-2-4-6-11)9-12-13(10)14(15(18)19)16-20-12/h2-6,10H,7-9H2,1H3,(H,18,19). The van der Waals surface area contributed by atoms with Crippen molar-refractivity contribution in [3.8, 4) is 0 Å². The summed E-state index contributed by atoms with van der Waals surface area (Å²) in [5.41, 5.74) is 2.05. The van der Waals surface area contributed by atoms with Gasteiger partial charge in [0.25, 0.3) is 0 Å². The first-order valence-electron chi connectivity index (χ1n) is 6.63. The third-order valence-electron chi connectivity index (χ3n) is 3.65. The number of carboxylic acids is 1. The van der Waals surface area contributed by atoms with E-state index in [2.05, 4.69) is 22.2 Å². The number of hydrogen-bond acceptors (Lipinski definition) is 4. The van der Waals surface area contributed by atoms with Crippen LogP contribution in [-0.4, -0.2) is 27.7 Å². The predicted molar refractivity (Wildman–Crippen MR) is 72.4 cm³/mol. The van der Waals surface area contributed by atoms with Gasteiger partial charge in [-0.05, 0) is 11.5 Å². The summed E-state index contributed by atoms with van der Waals surface area (Å²) >= 11 is 0. The lowest BCUT2D eigenvalue weighted by atomic mass is 9.94. The Kier molecular flexibility index (Phi) is 3.28. The van der Waals surface area contributed by atoms with Crippen LogP contribution in [0, 0.1) is 0 Å². The molecule has 0 spiro atoms. The highest BCUT2D eigenvalue weighted by molar-refractivity contribution is 5.87. The van der Waals surface area contributed by atoms with Crippen molar-refractivity contribution >= 4 is 5.97 Å². The van der Waals surface area contributed by atoms with Crippen molar-refractivity contribution in [1.82, 2.24) is 10.1 Å². The number of aromatic carboxylic acids is 1. The van der Waals surface area contributed by atoms with Gasteiger partial charge in [-0.25, -0.2) is 4.79 Å². The molecule has 1 aromatic heterocycles. The third kappa shape index (κ3) is 2.32. The summed E-state index contributed by atoms with van der Waals surface area (Å²) in [7, 11) is 0. The van der Waals surface area contributed by atoms with Gasteiger partial charge >= 0.3 is 5.97 Å². The van der Waals surface area contributed by atoms with Gasteiger partial charge in [-0.1, -0.05) is 42.4 Å². The molecule has 0 amide bonds. The second-order valence-electron chi connectivity index (χ2n) is 5.23. The fourth-order valence-corrected chi connectivity index (χ4v) is 2.82. The SMILES string of the molecule is CC1CN(Cc2ccccc2)Cc2onc(C(=O)O)c21. The molecule has 3 rings (SSSR count). The van der Waals surface area contributed by atoms with Gasteiger partial charge in [0.05, 0.1) is 6.54 Å². The van der Waals surface area contributed by atoms with Crippen LogP contribution >= 0.6 is 0 Å². The molecule has 5 nitrogen and oxygen atoms in total. The zero-order valence-corrected chi connectivity index (χ0v) is 11.2. The largest absolute Gasteiger partial charge is 0.476 e. The van der Waals surface area contributed by atoms with Gasteiger partial charge in [0.2, 0.25) is 0 Å². The van der Waals surface area contributed by atoms with Gasteiger partial charge < -0.3 is 9.63 Å². The Hall–Kier alpha value is -2.14. The Balaban J connectivity index is 1.81. The van der Waals surface area contributed by atoms with E-state index in [4.69, 9.17) is 9.63 Å². The summed E-state index contributed by atoms with van der Waals surface area (Å²) in [5, 5.41) is 12.8. The number of rotatable bonds is 3. The minimum Gasteiger partial charge on any atom is -0.476 e. The molecule has 1 atom stereocenters. The number of carbonyl (C=O) groups is 1. The second kappa shape index (κ2) is 5.09. The van der Waals surface area contributed by atoms with Crippen molar-refractivity contribution in [3.63, 3.8) is 0 Å². The molecule has 0 saturated carbocycles. The Morgan fingerprint density at radius 3 is 2.90 bits per heavy atom. The van der Waals surface area contributed by atoms with Crippen LogP contribution in [0.4, 0.5) is 0 Å². The minimum atomic E-state index is -1.02. The first-order valence-corrected chi connectivity index (χ1v) is 6.63. The fraction of sp³-hybridized carbons (Fsp3) is 0.333. The summed E-state index contributed by atoms with van der Waals surface area (Å²) in [4.78, 5) is 13.4. The minimum absolute atomic E-state index is 0.0619. The van der Waals surface area contributed by atoms with Crippen LogP contribution in [0.1, 0.15) is 40.2 Å². The molecule has 0 aliphatic carbocycles. The van der Waals surface area contributed by atoms with Gasteiger partial charge in [-0.15, -0.1) is 0 Å². The monoisotopic (exact) mass is 272 g/mol. The predicted octanol–water partition coefficient (Wildman–Crippen LogP) is 2.49. The highest BCUT2D eigenvalue weighted by Crippen LogP contribution is 2.31. The van der Waals surface area contributed by atoms with Crippen molar-refractivity contribution in [1.29, 1.82) is 0 Å². The molecule has 0 radical (unpaired) electrons. The van der Waals surface area contributed by atoms with E-state index in [0.29, 0.717) is 12.3 Å². The molecule has 1 N–H and O–H groups in total. The van der Waals surface area contributed by atoms with E-state index in [1.54, 1.807) is 0 Å². The summed E-state index contributed by atoms with van der Waals surface area (Å²) in [6.45, 7) is 4.26. The van der Waals surface area contributed by atoms with Gasteiger partial charge in [0, 0.05) is 18.7 Å². The van der Waals surface area contributed by atoms with Crippen molar-refractivity contribution < 1.29 is 14.4 Å². The maximum atomic E-state index is 11.1. The van der Waals surface area contributed by atoms with E-state index < -0.39 is 5.97 Å². The van der Waals surface area contributed by atoms with Crippen LogP contribution in [0.15, 0.2) is 34.9 Å². The molecule has 2 heterocycles. The Labute approximate surface area is 116 Å². The van der Waals surface area contributed by atoms with Crippen LogP contribution in [0.2, 0.25) is 0 Å². The fourth-order valence-electron chi connectivity index (χ4n) is 2.82. The number of aromatic nitrogens is 1. The second-order valence-corrected chi connectivity index (χ2v) is 5.23. The highest BCUT2D eigenvalue weighted by Gasteiger charge is 2.31. The average molecular weight is 272 g/mol. The average Bonchev–Trinajstić information content (AvgIpc) is 2.84. The van der Waals surface area contributed by atoms with Crippen molar-refractivity contribution in [2.24, 2.45) is 0 Å². The van der Waals surface area contributed by atoms with Crippen LogP contribution in [-0.2, 0) is 13.1 Å². The van der Waals surface area contributed by atoms with E-state index in [9.17, 15) is 4.79 Å². The van der Waals surface area contributed by atoms with Crippen molar-refractivity contribution in [2.45, 2.75) is 25.9 Å². The molecule has 1 aliphatic rings. The number of hydrogen-bond donors (Lipinski definition) is 1. The first kappa shape index (κ1) is 12.9. The molecule has 0 saturated heterocycles. The van der Waals surface area contributed by atoms with E-state index in [-0.39, 0.29) is 11.6 Å². The quantitative estimate of drug-likeness (QED) is 0.929. The molecular weight excluding hydrogens is 256 g/mol. The van der Waals surface area contributed by atoms with E-state index >= 15 is 0 Å². The number of carboxylic acid groups (broad SMARTS) is 1. The lowest BCUT2D eigenvalue weighted by molar-refractivity contribution is 0.0684. The molecule has 1 aliphatic heterocycles. The van der Waals surface area contributed by atoms with Gasteiger partial charge in [-0.2, -0.15) is 0 Å². The Morgan fingerprint density at radius 1 is 1.45 bits per heavy atom. The van der Waals surface area contributed by atoms with Crippen LogP contribution in [0.25, 0.3) is 0 Å². The van der Waals surface area contributed by atoms with E-state index in [0.717, 1.165) is 18.7 Å². The van der Waals surface area contributed by atoms with Crippen molar-refractivity contribution in [2.75, 3.05) is 6.54 Å². The number of nitrogens with zero attached hydrogens (tertiary/aromatic N) is 2. The summed E-state index contributed by atoms with van der Waals surface area (Å²) < 4.78 is 5.21. The highest BCUT2D eigenvalue weighted by atomic mass is 16.5. The maximum absolute atomic E-state index is 11.1. The Morgan fingerprint density at radius 2 is 2.20 bits per heavy atom. The molecule has 1 unspecified atom stereocenters. The first-order chi connectivity index (χ1) is 9.65. The molecule has 104 valence electrons. The summed E-state index contributed by atoms with van der Waals surface area (Å²) in [6.07, 6.45) is 0. The zero-order valence-electron chi connectivity index (χ0n) is 11.2. The van der Waals surface area contributed by atoms with Gasteiger partial charge in [-0.3, -0.25) is 4.90 Å². The number of fused-ring (bicyclic) bond motifs is 1. The van der Waals surface area contributed by atoms with Crippen LogP contribution < -0.4 is 0 Å². The third-order valence-corrected chi connectivity index (χ3v) is 3.65. The van der Waals surface area contributed by atoms with E-state index in [1.165, 1.54) is 5.56 Å². The Bertz CT molecular complexity index is 621. The van der Waals surface area contributed by atoms with Crippen LogP contribution in [0.3, 0.4) is 0 Å². The lowest BCUT2D eigenvalue weighted by Gasteiger charge is -2.29. The smallest absolute Gasteiger partial charge is 0.358 e.